The first-order chi connectivity index (χ1) is 52.6. The number of ether oxygens (including phenoxy) is 1. The average Bonchev–Trinajstić information content (AvgIpc) is 1.63. The van der Waals surface area contributed by atoms with Gasteiger partial charge in [0.05, 0.1) is 39.7 Å². The summed E-state index contributed by atoms with van der Waals surface area (Å²) in [6.07, 6.45) is 11.1. The molecule has 4 N–H and O–H groups in total. The fraction of sp³-hybridized carbons (Fsp3) is 0.236. The molecule has 5 amide bonds. The van der Waals surface area contributed by atoms with Crippen molar-refractivity contribution in [1.29, 1.82) is 0 Å². The number of rotatable bonds is 11. The number of hydrogen-bond acceptors (Lipinski definition) is 30. The number of phenols is 4. The molecule has 5 saturated heterocycles. The Balaban J connectivity index is 0.000000670. The van der Waals surface area contributed by atoms with E-state index in [0.29, 0.717) is 104 Å². The minimum atomic E-state index is -0.103. The van der Waals surface area contributed by atoms with Gasteiger partial charge in [0, 0.05) is 53.3 Å². The Kier molecular flexibility index (Phi) is 47.3. The Morgan fingerprint density at radius 2 is 0.768 bits per heavy atom. The van der Waals surface area contributed by atoms with Crippen LogP contribution >= 0.6 is 202 Å². The Labute approximate surface area is 735 Å². The monoisotopic (exact) mass is 2040 g/mol. The number of hydrogen-bond donors (Lipinski definition) is 4. The summed E-state index contributed by atoms with van der Waals surface area (Å²) in [7, 11) is 4.86. The van der Waals surface area contributed by atoms with Gasteiger partial charge in [-0.3, -0.25) is 48.5 Å². The van der Waals surface area contributed by atoms with Crippen LogP contribution in [0.3, 0.4) is 0 Å². The van der Waals surface area contributed by atoms with Crippen molar-refractivity contribution in [2.75, 3.05) is 40.8 Å². The van der Waals surface area contributed by atoms with E-state index in [1.165, 1.54) is 75.7 Å². The Bertz CT molecular complexity index is 4460. The average molecular weight is 2040 g/mol. The normalized spacial score (nSPS) is 15.6. The molecule has 592 valence electrons. The van der Waals surface area contributed by atoms with E-state index >= 15 is 0 Å². The number of nitrogens with zero attached hydrogens (tertiary/aromatic N) is 5. The third-order valence-corrected chi connectivity index (χ3v) is 25.1. The standard InChI is InChI=1S/C17H21NO3S2.C14H15NO2S2.C13H12ClNO2S2.C12H9Br2NOS2.C11H7BrINO2S2.5CO2/c1-10(2)5-6-18-16(20)14(23-17(18)22)9-12-7-11(3)15(19)13(8-12)21-4;1-4-15-13(17)12(19-14(15)18)7-10-5-8(2)9(3)11(16)6-10;1-3-15-12(17)11(19-13(15)18)6-8-4-9(14)7(2)10(16)5-8;1-6-8(13)3-7(4-9(6)14)5-10-11(16)15(2)12(17)18-10;1-14-10(16)8(18-11(14)17)4-5-2-6(12)9(15)7(13)3-5;5*2-1-3/h7-10,19H,5-6H2,1-4H3;5-7,16H,4H2,1-3H3;4-6,16H,3H2,1-2H3;3-5H,1-2H3;2-4,15H,1H3;;;;;/b14-9-;12-7-;11-6-;10-5-;8-4-;;;;;. The van der Waals surface area contributed by atoms with E-state index in [9.17, 15) is 44.4 Å². The molecule has 0 unspecified atom stereocenters. The molecule has 0 radical (unpaired) electrons. The summed E-state index contributed by atoms with van der Waals surface area (Å²) in [6, 6.07) is 18.0. The number of carbonyl (C=O) groups is 5. The van der Waals surface area contributed by atoms with Crippen LogP contribution in [0.4, 0.5) is 0 Å². The number of phenolic OH excluding ortho intramolecular Hbond substituents is 4. The summed E-state index contributed by atoms with van der Waals surface area (Å²) < 4.78 is 11.4. The molecule has 0 bridgehead atoms. The Morgan fingerprint density at radius 3 is 1.10 bits per heavy atom. The highest BCUT2D eigenvalue weighted by atomic mass is 127. The lowest BCUT2D eigenvalue weighted by Gasteiger charge is -2.15. The third-order valence-electron chi connectivity index (χ3n) is 14.5. The van der Waals surface area contributed by atoms with Gasteiger partial charge in [-0.15, -0.1) is 0 Å². The van der Waals surface area contributed by atoms with Gasteiger partial charge in [0.1, 0.15) is 38.9 Å². The molecule has 10 rings (SSSR count). The number of thiocarbonyl (C=S) groups is 5. The molecule has 112 heavy (non-hydrogen) atoms. The zero-order valence-electron chi connectivity index (χ0n) is 60.6. The first-order valence-corrected chi connectivity index (χ1v) is 41.0. The maximum atomic E-state index is 12.5. The number of aromatic hydroxyl groups is 4. The number of benzene rings is 5. The molecule has 5 aliphatic rings. The maximum absolute atomic E-state index is 12.5. The number of halogens is 5. The van der Waals surface area contributed by atoms with Crippen LogP contribution in [-0.4, -0.2) is 168 Å². The molecule has 5 fully saturated rings. The van der Waals surface area contributed by atoms with E-state index in [0.717, 1.165) is 57.9 Å². The summed E-state index contributed by atoms with van der Waals surface area (Å²) >= 11 is 50.6. The van der Waals surface area contributed by atoms with Gasteiger partial charge in [0.25, 0.3) is 29.5 Å². The molecule has 0 saturated carbocycles. The second-order valence-corrected chi connectivity index (χ2v) is 34.7. The molecule has 5 aromatic carbocycles. The number of methoxy groups -OCH3 is 1. The van der Waals surface area contributed by atoms with E-state index in [2.05, 4.69) is 61.6 Å². The summed E-state index contributed by atoms with van der Waals surface area (Å²) in [5, 5.41) is 39.6. The van der Waals surface area contributed by atoms with Crippen LogP contribution in [0.2, 0.25) is 5.02 Å². The highest BCUT2D eigenvalue weighted by Gasteiger charge is 2.35. The quantitative estimate of drug-likeness (QED) is 0.0542. The maximum Gasteiger partial charge on any atom is 0.373 e. The molecular formula is C72H64Br3ClIN5O20S10. The number of amides is 5. The van der Waals surface area contributed by atoms with Gasteiger partial charge in [-0.1, -0.05) is 183 Å². The molecule has 0 aromatic heterocycles. The van der Waals surface area contributed by atoms with Gasteiger partial charge < -0.3 is 25.2 Å². The molecule has 0 aliphatic carbocycles. The molecule has 5 heterocycles. The summed E-state index contributed by atoms with van der Waals surface area (Å²) in [6.45, 7) is 19.2. The van der Waals surface area contributed by atoms with E-state index in [1.54, 1.807) is 97.3 Å². The zero-order chi connectivity index (χ0) is 85.9. The van der Waals surface area contributed by atoms with Crippen LogP contribution in [0.25, 0.3) is 30.4 Å². The van der Waals surface area contributed by atoms with Crippen LogP contribution in [-0.2, 0) is 71.9 Å². The predicted octanol–water partition coefficient (Wildman–Crippen LogP) is 15.8. The van der Waals surface area contributed by atoms with E-state index < -0.39 is 0 Å². The van der Waals surface area contributed by atoms with Crippen molar-refractivity contribution >= 4 is 314 Å². The fourth-order valence-electron chi connectivity index (χ4n) is 8.62. The van der Waals surface area contributed by atoms with Crippen molar-refractivity contribution in [3.05, 3.63) is 163 Å². The molecule has 5 aromatic rings. The molecule has 25 nitrogen and oxygen atoms in total. The van der Waals surface area contributed by atoms with Crippen molar-refractivity contribution in [3.8, 4) is 28.7 Å². The van der Waals surface area contributed by atoms with E-state index in [1.807, 2.05) is 93.6 Å². The van der Waals surface area contributed by atoms with Crippen molar-refractivity contribution in [2.45, 2.75) is 68.7 Å². The van der Waals surface area contributed by atoms with Crippen LogP contribution in [0.1, 0.15) is 89.8 Å². The van der Waals surface area contributed by atoms with E-state index in [4.69, 9.17) is 125 Å². The number of carbonyl (C=O) groups excluding carboxylic acids is 15. The lowest BCUT2D eigenvalue weighted by atomic mass is 10.0. The largest absolute Gasteiger partial charge is 0.508 e. The highest BCUT2D eigenvalue weighted by Crippen LogP contribution is 2.41. The molecule has 0 spiro atoms. The summed E-state index contributed by atoms with van der Waals surface area (Å²) in [4.78, 5) is 152. The van der Waals surface area contributed by atoms with Crippen LogP contribution in [0, 0.1) is 44.1 Å². The van der Waals surface area contributed by atoms with Crippen LogP contribution in [0.5, 0.6) is 28.7 Å². The third kappa shape index (κ3) is 31.5. The minimum Gasteiger partial charge on any atom is -0.508 e. The first kappa shape index (κ1) is 103. The first-order valence-electron chi connectivity index (χ1n) is 31.0. The smallest absolute Gasteiger partial charge is 0.373 e. The van der Waals surface area contributed by atoms with Crippen molar-refractivity contribution < 1.29 is 97.1 Å². The fourth-order valence-corrected chi connectivity index (χ4v) is 18.0. The second-order valence-electron chi connectivity index (χ2n) is 22.2. The van der Waals surface area contributed by atoms with Crippen LogP contribution < -0.4 is 4.74 Å². The number of thioether (sulfide) groups is 5. The topological polar surface area (TPSA) is 362 Å². The molecule has 40 heteroatoms. The summed E-state index contributed by atoms with van der Waals surface area (Å²) in [5.41, 5.74) is 8.44. The van der Waals surface area contributed by atoms with Crippen molar-refractivity contribution in [1.82, 2.24) is 24.5 Å². The SMILES string of the molecule is CCN1C(=O)/C(=C/c2cc(C)c(C)c(O)c2)SC1=S.CCN1C(=O)/C(=C/c2cc(O)c(C)c(Cl)c2)SC1=S.CN1C(=O)/C(=C/c2cc(Br)c(O)c(I)c2)SC1=S.COc1cc(/C=C2\SC(=S)N(CCC(C)C)C2=O)cc(C)c1O.Cc1c(Br)cc(/C=C2\SC(=S)N(C)C2=O)cc1Br.O=C=O.O=C=O.O=C=O.O=C=O.O=C=O. The second kappa shape index (κ2) is 51.5. The highest BCUT2D eigenvalue weighted by molar-refractivity contribution is 14.1. The zero-order valence-corrected chi connectivity index (χ0v) is 76.4. The Hall–Kier alpha value is -7.29. The van der Waals surface area contributed by atoms with Crippen LogP contribution in [0.15, 0.2) is 98.6 Å². The van der Waals surface area contributed by atoms with Gasteiger partial charge in [-0.05, 0) is 234 Å². The van der Waals surface area contributed by atoms with Crippen molar-refractivity contribution in [2.24, 2.45) is 5.92 Å². The lowest BCUT2D eigenvalue weighted by Crippen LogP contribution is -2.29. The predicted molar refractivity (Wildman–Crippen MR) is 467 cm³/mol. The molecule has 0 atom stereocenters. The number of likely N-dealkylation sites (N-methyl/N-ethyl adjacent to an activating group) is 4. The van der Waals surface area contributed by atoms with Gasteiger partial charge in [-0.25, -0.2) is 0 Å². The van der Waals surface area contributed by atoms with Crippen molar-refractivity contribution in [3.63, 3.8) is 0 Å². The number of aryl methyl sites for hydroxylation is 2. The minimum absolute atomic E-state index is 0.0437. The lowest BCUT2D eigenvalue weighted by molar-refractivity contribution is -0.193. The molecular weight excluding hydrogens is 1980 g/mol. The molecule has 5 aliphatic heterocycles. The van der Waals surface area contributed by atoms with Gasteiger partial charge in [0.2, 0.25) is 0 Å². The van der Waals surface area contributed by atoms with Gasteiger partial charge >= 0.3 is 30.8 Å². The van der Waals surface area contributed by atoms with Gasteiger partial charge in [0.15, 0.2) is 11.5 Å². The van der Waals surface area contributed by atoms with Gasteiger partial charge in [-0.2, -0.15) is 47.9 Å². The Morgan fingerprint density at radius 1 is 0.455 bits per heavy atom. The summed E-state index contributed by atoms with van der Waals surface area (Å²) in [5.74, 6) is 1.25. The van der Waals surface area contributed by atoms with E-state index in [-0.39, 0.29) is 83.3 Å².